The van der Waals surface area contributed by atoms with E-state index in [2.05, 4.69) is 15.3 Å². The van der Waals surface area contributed by atoms with Crippen molar-refractivity contribution in [2.75, 3.05) is 20.6 Å². The second-order valence-corrected chi connectivity index (χ2v) is 6.46. The third-order valence-corrected chi connectivity index (χ3v) is 4.35. The van der Waals surface area contributed by atoms with E-state index in [-0.39, 0.29) is 11.9 Å². The van der Waals surface area contributed by atoms with Crippen LogP contribution in [0.5, 0.6) is 0 Å². The van der Waals surface area contributed by atoms with E-state index in [1.807, 2.05) is 74.4 Å². The molecule has 2 N–H and O–H groups in total. The Balaban J connectivity index is 1.65. The fourth-order valence-electron chi connectivity index (χ4n) is 3.07. The van der Waals surface area contributed by atoms with Crippen LogP contribution in [0, 0.1) is 6.92 Å². The monoisotopic (exact) mass is 336 g/mol. The van der Waals surface area contributed by atoms with E-state index >= 15 is 0 Å². The van der Waals surface area contributed by atoms with Crippen LogP contribution in [-0.2, 0) is 11.2 Å². The third kappa shape index (κ3) is 3.88. The number of carbonyl (C=O) groups excluding carboxylic acids is 1. The summed E-state index contributed by atoms with van der Waals surface area (Å²) in [5.41, 5.74) is 4.13. The van der Waals surface area contributed by atoms with Crippen molar-refractivity contribution in [2.24, 2.45) is 0 Å². The van der Waals surface area contributed by atoms with Crippen LogP contribution in [0.2, 0.25) is 0 Å². The van der Waals surface area contributed by atoms with Crippen LogP contribution in [0.25, 0.3) is 11.0 Å². The molecular weight excluding hydrogens is 312 g/mol. The van der Waals surface area contributed by atoms with Crippen LogP contribution in [-0.4, -0.2) is 41.4 Å². The second-order valence-electron chi connectivity index (χ2n) is 6.46. The first-order valence-corrected chi connectivity index (χ1v) is 8.49. The van der Waals surface area contributed by atoms with Gasteiger partial charge in [0.1, 0.15) is 11.9 Å². The van der Waals surface area contributed by atoms with Gasteiger partial charge in [-0.25, -0.2) is 4.98 Å². The zero-order valence-corrected chi connectivity index (χ0v) is 14.9. The molecule has 0 aliphatic heterocycles. The maximum Gasteiger partial charge on any atom is 0.241 e. The number of hydrogen-bond donors (Lipinski definition) is 2. The summed E-state index contributed by atoms with van der Waals surface area (Å²) in [6.45, 7) is 2.59. The number of nitrogens with zero attached hydrogens (tertiary/aromatic N) is 2. The van der Waals surface area contributed by atoms with Crippen molar-refractivity contribution in [1.82, 2.24) is 20.2 Å². The number of carbonyl (C=O) groups is 1. The summed E-state index contributed by atoms with van der Waals surface area (Å²) in [7, 11) is 3.85. The van der Waals surface area contributed by atoms with Gasteiger partial charge in [0, 0.05) is 13.0 Å². The molecule has 1 amide bonds. The number of benzene rings is 2. The zero-order chi connectivity index (χ0) is 17.8. The zero-order valence-electron chi connectivity index (χ0n) is 14.9. The SMILES string of the molecule is Cc1ccccc1[C@@H](C(=O)NCCc1nc2ccccc2[nH]1)N(C)C. The molecule has 0 aliphatic rings. The fraction of sp³-hybridized carbons (Fsp3) is 0.300. The van der Waals surface area contributed by atoms with Crippen molar-refractivity contribution in [3.8, 4) is 0 Å². The second kappa shape index (κ2) is 7.49. The number of nitrogens with one attached hydrogen (secondary N) is 2. The summed E-state index contributed by atoms with van der Waals surface area (Å²) >= 11 is 0. The van der Waals surface area contributed by atoms with Gasteiger partial charge in [0.15, 0.2) is 0 Å². The first-order chi connectivity index (χ1) is 12.1. The highest BCUT2D eigenvalue weighted by Crippen LogP contribution is 2.21. The minimum atomic E-state index is -0.295. The normalized spacial score (nSPS) is 12.5. The van der Waals surface area contributed by atoms with E-state index in [9.17, 15) is 4.79 Å². The Labute approximate surface area is 148 Å². The van der Waals surface area contributed by atoms with Gasteiger partial charge in [-0.3, -0.25) is 9.69 Å². The van der Waals surface area contributed by atoms with Crippen molar-refractivity contribution in [3.63, 3.8) is 0 Å². The van der Waals surface area contributed by atoms with Crippen LogP contribution in [0.3, 0.4) is 0 Å². The topological polar surface area (TPSA) is 61.0 Å². The molecule has 5 heteroatoms. The van der Waals surface area contributed by atoms with E-state index in [0.29, 0.717) is 13.0 Å². The van der Waals surface area contributed by atoms with Gasteiger partial charge in [0.2, 0.25) is 5.91 Å². The lowest BCUT2D eigenvalue weighted by molar-refractivity contribution is -0.125. The number of aromatic amines is 1. The first-order valence-electron chi connectivity index (χ1n) is 8.49. The smallest absolute Gasteiger partial charge is 0.241 e. The fourth-order valence-corrected chi connectivity index (χ4v) is 3.07. The minimum absolute atomic E-state index is 0.00964. The van der Waals surface area contributed by atoms with Gasteiger partial charge in [0.05, 0.1) is 11.0 Å². The van der Waals surface area contributed by atoms with Gasteiger partial charge in [-0.1, -0.05) is 36.4 Å². The number of likely N-dealkylation sites (N-methyl/N-ethyl adjacent to an activating group) is 1. The quantitative estimate of drug-likeness (QED) is 0.728. The molecule has 0 saturated heterocycles. The molecule has 2 aromatic carbocycles. The highest BCUT2D eigenvalue weighted by Gasteiger charge is 2.23. The highest BCUT2D eigenvalue weighted by atomic mass is 16.2. The van der Waals surface area contributed by atoms with Crippen LogP contribution < -0.4 is 5.32 Å². The van der Waals surface area contributed by atoms with Crippen molar-refractivity contribution >= 4 is 16.9 Å². The standard InChI is InChI=1S/C20H24N4O/c1-14-8-4-5-9-15(14)19(24(2)3)20(25)21-13-12-18-22-16-10-6-7-11-17(16)23-18/h4-11,19H,12-13H2,1-3H3,(H,21,25)(H,22,23)/t19-/m0/s1. The Hall–Kier alpha value is -2.66. The summed E-state index contributed by atoms with van der Waals surface area (Å²) in [5.74, 6) is 0.897. The molecule has 0 spiro atoms. The molecule has 0 fully saturated rings. The number of aromatic nitrogens is 2. The molecule has 0 bridgehead atoms. The molecule has 0 aliphatic carbocycles. The summed E-state index contributed by atoms with van der Waals surface area (Å²) in [5, 5.41) is 3.04. The van der Waals surface area contributed by atoms with Crippen molar-refractivity contribution in [1.29, 1.82) is 0 Å². The molecule has 1 aromatic heterocycles. The average Bonchev–Trinajstić information content (AvgIpc) is 2.99. The molecule has 130 valence electrons. The number of imidazole rings is 1. The van der Waals surface area contributed by atoms with Gasteiger partial charge in [-0.05, 0) is 44.3 Å². The van der Waals surface area contributed by atoms with Crippen molar-refractivity contribution < 1.29 is 4.79 Å². The molecular formula is C20H24N4O. The summed E-state index contributed by atoms with van der Waals surface area (Å²) in [6, 6.07) is 15.7. The highest BCUT2D eigenvalue weighted by molar-refractivity contribution is 5.83. The molecule has 5 nitrogen and oxygen atoms in total. The van der Waals surface area contributed by atoms with E-state index in [0.717, 1.165) is 28.0 Å². The molecule has 1 heterocycles. The summed E-state index contributed by atoms with van der Waals surface area (Å²) in [6.07, 6.45) is 0.675. The number of H-pyrrole nitrogens is 1. The first kappa shape index (κ1) is 17.2. The van der Waals surface area contributed by atoms with Crippen LogP contribution in [0.4, 0.5) is 0 Å². The number of amides is 1. The third-order valence-electron chi connectivity index (χ3n) is 4.35. The molecule has 1 atom stereocenters. The van der Waals surface area contributed by atoms with E-state index in [4.69, 9.17) is 0 Å². The molecule has 3 aromatic rings. The molecule has 0 radical (unpaired) electrons. The Morgan fingerprint density at radius 1 is 1.16 bits per heavy atom. The molecule has 3 rings (SSSR count). The number of rotatable bonds is 6. The number of para-hydroxylation sites is 2. The van der Waals surface area contributed by atoms with E-state index in [1.54, 1.807) is 0 Å². The van der Waals surface area contributed by atoms with Gasteiger partial charge >= 0.3 is 0 Å². The lowest BCUT2D eigenvalue weighted by Crippen LogP contribution is -2.38. The molecule has 0 saturated carbocycles. The average molecular weight is 336 g/mol. The summed E-state index contributed by atoms with van der Waals surface area (Å²) < 4.78 is 0. The van der Waals surface area contributed by atoms with Gasteiger partial charge in [-0.15, -0.1) is 0 Å². The van der Waals surface area contributed by atoms with Gasteiger partial charge < -0.3 is 10.3 Å². The maximum atomic E-state index is 12.7. The maximum absolute atomic E-state index is 12.7. The molecule has 0 unspecified atom stereocenters. The Bertz CT molecular complexity index is 836. The predicted octanol–water partition coefficient (Wildman–Crippen LogP) is 2.83. The van der Waals surface area contributed by atoms with E-state index in [1.165, 1.54) is 0 Å². The van der Waals surface area contributed by atoms with Crippen LogP contribution in [0.15, 0.2) is 48.5 Å². The largest absolute Gasteiger partial charge is 0.354 e. The Morgan fingerprint density at radius 3 is 2.60 bits per heavy atom. The van der Waals surface area contributed by atoms with Crippen LogP contribution in [0.1, 0.15) is 23.0 Å². The van der Waals surface area contributed by atoms with Crippen molar-refractivity contribution in [2.45, 2.75) is 19.4 Å². The van der Waals surface area contributed by atoms with Gasteiger partial charge in [0.25, 0.3) is 0 Å². The van der Waals surface area contributed by atoms with Crippen molar-refractivity contribution in [3.05, 3.63) is 65.5 Å². The summed E-state index contributed by atoms with van der Waals surface area (Å²) in [4.78, 5) is 22.5. The minimum Gasteiger partial charge on any atom is -0.354 e. The predicted molar refractivity (Wildman–Crippen MR) is 100 cm³/mol. The van der Waals surface area contributed by atoms with Gasteiger partial charge in [-0.2, -0.15) is 0 Å². The number of fused-ring (bicyclic) bond motifs is 1. The number of hydrogen-bond acceptors (Lipinski definition) is 3. The lowest BCUT2D eigenvalue weighted by atomic mass is 10.00. The lowest BCUT2D eigenvalue weighted by Gasteiger charge is -2.25. The Morgan fingerprint density at radius 2 is 1.88 bits per heavy atom. The van der Waals surface area contributed by atoms with E-state index < -0.39 is 0 Å². The Kier molecular flexibility index (Phi) is 5.14. The van der Waals surface area contributed by atoms with Crippen LogP contribution >= 0.6 is 0 Å². The molecule has 25 heavy (non-hydrogen) atoms. The number of aryl methyl sites for hydroxylation is 1.